The molecule has 1 aliphatic rings. The molecule has 40 heavy (non-hydrogen) atoms. The number of anilines is 3. The van der Waals surface area contributed by atoms with E-state index in [4.69, 9.17) is 4.98 Å². The van der Waals surface area contributed by atoms with Crippen molar-refractivity contribution in [2.75, 3.05) is 23.3 Å². The lowest BCUT2D eigenvalue weighted by atomic mass is 9.95. The summed E-state index contributed by atoms with van der Waals surface area (Å²) in [5.41, 5.74) is 5.83. The summed E-state index contributed by atoms with van der Waals surface area (Å²) in [7, 11) is 0. The molecule has 3 aromatic carbocycles. The number of nitrogens with zero attached hydrogens (tertiary/aromatic N) is 4. The van der Waals surface area contributed by atoms with Gasteiger partial charge in [-0.3, -0.25) is 4.79 Å². The van der Waals surface area contributed by atoms with Crippen LogP contribution in [-0.4, -0.2) is 28.8 Å². The highest BCUT2D eigenvalue weighted by atomic mass is 19.1. The molecule has 200 valence electrons. The van der Waals surface area contributed by atoms with Gasteiger partial charge in [0.1, 0.15) is 5.82 Å². The van der Waals surface area contributed by atoms with E-state index in [-0.39, 0.29) is 18.0 Å². The molecule has 0 unspecified atom stereocenters. The smallest absolute Gasteiger partial charge is 0.227 e. The number of aromatic nitrogens is 2. The van der Waals surface area contributed by atoms with Gasteiger partial charge in [0.15, 0.2) is 5.78 Å². The van der Waals surface area contributed by atoms with Gasteiger partial charge in [0.05, 0.1) is 17.3 Å². The Hall–Kier alpha value is -4.83. The maximum absolute atomic E-state index is 14.0. The monoisotopic (exact) mass is 531 g/mol. The largest absolute Gasteiger partial charge is 0.371 e. The summed E-state index contributed by atoms with van der Waals surface area (Å²) in [6.07, 6.45) is 7.19. The standard InChI is InChI=1S/C33H30FN5O/c1-2-30(40)18-24-12-13-25(21-35)31(19-24)32-26(16-23-8-6-9-27(34)17-23)22-36-33(38-32)37-28-10-7-11-29(20-28)39-14-4-3-5-15-39/h2,6-13,17,19-20,22H,1,3-5,14-16,18H2,(H,36,37,38). The third kappa shape index (κ3) is 6.41. The highest BCUT2D eigenvalue weighted by Crippen LogP contribution is 2.30. The quantitative estimate of drug-likeness (QED) is 0.240. The number of carbonyl (C=O) groups is 1. The van der Waals surface area contributed by atoms with E-state index in [1.807, 2.05) is 24.3 Å². The number of ketones is 1. The van der Waals surface area contributed by atoms with Gasteiger partial charge in [-0.2, -0.15) is 5.26 Å². The van der Waals surface area contributed by atoms with Crippen LogP contribution in [0.25, 0.3) is 11.3 Å². The number of allylic oxidation sites excluding steroid dienone is 1. The van der Waals surface area contributed by atoms with Gasteiger partial charge in [-0.05, 0) is 78.9 Å². The fraction of sp³-hybridized carbons (Fsp3) is 0.212. The van der Waals surface area contributed by atoms with Crippen molar-refractivity contribution in [3.05, 3.63) is 114 Å². The minimum atomic E-state index is -0.325. The van der Waals surface area contributed by atoms with Crippen LogP contribution in [-0.2, 0) is 17.6 Å². The molecule has 1 saturated heterocycles. The molecule has 0 spiro atoms. The van der Waals surface area contributed by atoms with Crippen LogP contribution in [0.3, 0.4) is 0 Å². The molecule has 0 amide bonds. The lowest BCUT2D eigenvalue weighted by Gasteiger charge is -2.29. The van der Waals surface area contributed by atoms with Gasteiger partial charge in [0.2, 0.25) is 5.95 Å². The Morgan fingerprint density at radius 1 is 1.05 bits per heavy atom. The Morgan fingerprint density at radius 3 is 2.65 bits per heavy atom. The van der Waals surface area contributed by atoms with Crippen LogP contribution in [0, 0.1) is 17.1 Å². The number of hydrogen-bond acceptors (Lipinski definition) is 6. The number of rotatable bonds is 9. The van der Waals surface area contributed by atoms with Crippen LogP contribution in [0.1, 0.15) is 41.5 Å². The Kier molecular flexibility index (Phi) is 8.26. The molecule has 0 radical (unpaired) electrons. The molecule has 0 atom stereocenters. The van der Waals surface area contributed by atoms with Crippen LogP contribution < -0.4 is 10.2 Å². The second-order valence-corrected chi connectivity index (χ2v) is 9.94. The normalized spacial score (nSPS) is 12.9. The molecule has 4 aromatic rings. The molecule has 6 nitrogen and oxygen atoms in total. The summed E-state index contributed by atoms with van der Waals surface area (Å²) < 4.78 is 14.0. The maximum Gasteiger partial charge on any atom is 0.227 e. The molecule has 1 fully saturated rings. The van der Waals surface area contributed by atoms with E-state index in [9.17, 15) is 14.4 Å². The highest BCUT2D eigenvalue weighted by molar-refractivity contribution is 5.91. The van der Waals surface area contributed by atoms with Crippen molar-refractivity contribution in [3.8, 4) is 17.3 Å². The molecule has 0 saturated carbocycles. The van der Waals surface area contributed by atoms with Crippen LogP contribution in [0.5, 0.6) is 0 Å². The zero-order chi connectivity index (χ0) is 27.9. The third-order valence-corrected chi connectivity index (χ3v) is 7.04. The molecule has 2 heterocycles. The van der Waals surface area contributed by atoms with E-state index in [1.54, 1.807) is 24.4 Å². The van der Waals surface area contributed by atoms with Gasteiger partial charge in [0.25, 0.3) is 0 Å². The molecule has 0 aliphatic carbocycles. The van der Waals surface area contributed by atoms with Crippen molar-refractivity contribution in [1.29, 1.82) is 5.26 Å². The van der Waals surface area contributed by atoms with Crippen molar-refractivity contribution in [2.24, 2.45) is 0 Å². The molecular weight excluding hydrogens is 501 g/mol. The van der Waals surface area contributed by atoms with Gasteiger partial charge >= 0.3 is 0 Å². The molecule has 7 heteroatoms. The number of piperidine rings is 1. The lowest BCUT2D eigenvalue weighted by molar-refractivity contribution is -0.114. The van der Waals surface area contributed by atoms with E-state index in [0.717, 1.165) is 41.2 Å². The van der Waals surface area contributed by atoms with Crippen molar-refractivity contribution in [1.82, 2.24) is 9.97 Å². The van der Waals surface area contributed by atoms with Crippen LogP contribution in [0.15, 0.2) is 85.6 Å². The number of halogens is 1. The van der Waals surface area contributed by atoms with Crippen molar-refractivity contribution < 1.29 is 9.18 Å². The first kappa shape index (κ1) is 26.8. The van der Waals surface area contributed by atoms with E-state index in [0.29, 0.717) is 29.2 Å². The molecule has 1 N–H and O–H groups in total. The first-order valence-electron chi connectivity index (χ1n) is 13.4. The molecule has 0 bridgehead atoms. The van der Waals surface area contributed by atoms with Crippen LogP contribution in [0.2, 0.25) is 0 Å². The van der Waals surface area contributed by atoms with Gasteiger partial charge in [-0.15, -0.1) is 0 Å². The Bertz CT molecular complexity index is 1590. The first-order chi connectivity index (χ1) is 19.5. The van der Waals surface area contributed by atoms with Gasteiger partial charge in [-0.25, -0.2) is 14.4 Å². The zero-order valence-electron chi connectivity index (χ0n) is 22.2. The maximum atomic E-state index is 14.0. The predicted octanol–water partition coefficient (Wildman–Crippen LogP) is 6.78. The van der Waals surface area contributed by atoms with E-state index in [1.165, 1.54) is 37.5 Å². The van der Waals surface area contributed by atoms with E-state index < -0.39 is 0 Å². The minimum Gasteiger partial charge on any atom is -0.371 e. The van der Waals surface area contributed by atoms with Crippen molar-refractivity contribution in [3.63, 3.8) is 0 Å². The summed E-state index contributed by atoms with van der Waals surface area (Å²) in [4.78, 5) is 23.9. The second kappa shape index (κ2) is 12.4. The fourth-order valence-corrected chi connectivity index (χ4v) is 5.03. The fourth-order valence-electron chi connectivity index (χ4n) is 5.03. The molecular formula is C33H30FN5O. The van der Waals surface area contributed by atoms with Crippen LogP contribution >= 0.6 is 0 Å². The minimum absolute atomic E-state index is 0.116. The van der Waals surface area contributed by atoms with Gasteiger partial charge in [0, 0.05) is 54.6 Å². The first-order valence-corrected chi connectivity index (χ1v) is 13.4. The number of nitriles is 1. The van der Waals surface area contributed by atoms with Crippen LogP contribution in [0.4, 0.5) is 21.7 Å². The third-order valence-electron chi connectivity index (χ3n) is 7.04. The number of benzene rings is 3. The summed E-state index contributed by atoms with van der Waals surface area (Å²) in [5, 5.41) is 13.3. The summed E-state index contributed by atoms with van der Waals surface area (Å²) in [5.74, 6) is -0.0611. The van der Waals surface area contributed by atoms with Crippen molar-refractivity contribution >= 4 is 23.1 Å². The number of nitrogens with one attached hydrogen (secondary N) is 1. The average molecular weight is 532 g/mol. The second-order valence-electron chi connectivity index (χ2n) is 9.94. The topological polar surface area (TPSA) is 81.9 Å². The number of hydrogen-bond donors (Lipinski definition) is 1. The summed E-state index contributed by atoms with van der Waals surface area (Å²) >= 11 is 0. The van der Waals surface area contributed by atoms with E-state index >= 15 is 0 Å². The Labute approximate surface area is 233 Å². The Balaban J connectivity index is 1.54. The van der Waals surface area contributed by atoms with E-state index in [2.05, 4.69) is 40.0 Å². The number of carbonyl (C=O) groups excluding carboxylic acids is 1. The molecule has 1 aromatic heterocycles. The average Bonchev–Trinajstić information content (AvgIpc) is 2.98. The zero-order valence-corrected chi connectivity index (χ0v) is 22.2. The summed E-state index contributed by atoms with van der Waals surface area (Å²) in [6, 6.07) is 22.1. The Morgan fingerprint density at radius 2 is 1.88 bits per heavy atom. The lowest BCUT2D eigenvalue weighted by Crippen LogP contribution is -2.29. The van der Waals surface area contributed by atoms with Crippen molar-refractivity contribution in [2.45, 2.75) is 32.1 Å². The summed E-state index contributed by atoms with van der Waals surface area (Å²) in [6.45, 7) is 5.65. The molecule has 5 rings (SSSR count). The SMILES string of the molecule is C=CC(=O)Cc1ccc(C#N)c(-c2nc(Nc3cccc(N4CCCCC4)c3)ncc2Cc2cccc(F)c2)c1. The van der Waals surface area contributed by atoms with Gasteiger partial charge < -0.3 is 10.2 Å². The molecule has 1 aliphatic heterocycles. The highest BCUT2D eigenvalue weighted by Gasteiger charge is 2.17. The van der Waals surface area contributed by atoms with Gasteiger partial charge in [-0.1, -0.05) is 30.8 Å². The predicted molar refractivity (Wildman–Crippen MR) is 156 cm³/mol.